The lowest BCUT2D eigenvalue weighted by atomic mass is 9.86. The summed E-state index contributed by atoms with van der Waals surface area (Å²) in [6.07, 6.45) is 2.74. The number of benzene rings is 1. The number of hydrogen-bond donors (Lipinski definition) is 2. The van der Waals surface area contributed by atoms with Gasteiger partial charge in [0, 0.05) is 44.5 Å². The molecule has 2 heterocycles. The third-order valence-electron chi connectivity index (χ3n) is 6.19. The Bertz CT molecular complexity index is 873. The fraction of sp³-hybridized carbons (Fsp3) is 0.478. The second kappa shape index (κ2) is 8.03. The van der Waals surface area contributed by atoms with E-state index in [2.05, 4.69) is 70.6 Å². The van der Waals surface area contributed by atoms with Crippen molar-refractivity contribution in [3.8, 4) is 0 Å². The van der Waals surface area contributed by atoms with E-state index in [4.69, 9.17) is 0 Å². The molecule has 0 bridgehead atoms. The summed E-state index contributed by atoms with van der Waals surface area (Å²) >= 11 is 0. The summed E-state index contributed by atoms with van der Waals surface area (Å²) in [7, 11) is 2.14. The molecule has 0 radical (unpaired) electrons. The van der Waals surface area contributed by atoms with Gasteiger partial charge in [0.25, 0.3) is 0 Å². The SMILES string of the molecule is CN1CCN(c2ncccc2CNC(=O)NC2CC(C)(C)c3ccccc32)CC1. The maximum atomic E-state index is 12.7. The summed E-state index contributed by atoms with van der Waals surface area (Å²) in [6, 6.07) is 12.3. The highest BCUT2D eigenvalue weighted by atomic mass is 16.2. The van der Waals surface area contributed by atoms with E-state index in [0.717, 1.165) is 44.0 Å². The number of urea groups is 1. The summed E-state index contributed by atoms with van der Waals surface area (Å²) in [5.74, 6) is 0.980. The van der Waals surface area contributed by atoms with Crippen molar-refractivity contribution >= 4 is 11.8 Å². The predicted octanol–water partition coefficient (Wildman–Crippen LogP) is 3.06. The van der Waals surface area contributed by atoms with Gasteiger partial charge in [0.15, 0.2) is 0 Å². The zero-order valence-corrected chi connectivity index (χ0v) is 17.6. The number of anilines is 1. The third kappa shape index (κ3) is 4.22. The number of aromatic nitrogens is 1. The summed E-state index contributed by atoms with van der Waals surface area (Å²) in [6.45, 7) is 8.93. The minimum absolute atomic E-state index is 0.0483. The van der Waals surface area contributed by atoms with Crippen LogP contribution in [0.3, 0.4) is 0 Å². The Morgan fingerprint density at radius 1 is 1.14 bits per heavy atom. The summed E-state index contributed by atoms with van der Waals surface area (Å²) in [5.41, 5.74) is 3.69. The zero-order valence-electron chi connectivity index (χ0n) is 17.6. The Balaban J connectivity index is 1.39. The van der Waals surface area contributed by atoms with E-state index in [1.54, 1.807) is 0 Å². The van der Waals surface area contributed by atoms with Crippen molar-refractivity contribution in [2.45, 2.75) is 38.3 Å². The fourth-order valence-corrected chi connectivity index (χ4v) is 4.53. The molecule has 1 fully saturated rings. The van der Waals surface area contributed by atoms with Gasteiger partial charge in [-0.25, -0.2) is 9.78 Å². The molecule has 2 aliphatic rings. The maximum Gasteiger partial charge on any atom is 0.315 e. The minimum Gasteiger partial charge on any atom is -0.354 e. The van der Waals surface area contributed by atoms with Crippen molar-refractivity contribution < 1.29 is 4.79 Å². The molecule has 6 heteroatoms. The van der Waals surface area contributed by atoms with Crippen molar-refractivity contribution in [3.05, 3.63) is 59.3 Å². The average molecular weight is 394 g/mol. The second-order valence-electron chi connectivity index (χ2n) is 8.83. The first-order chi connectivity index (χ1) is 13.9. The lowest BCUT2D eigenvalue weighted by Gasteiger charge is -2.34. The number of likely N-dealkylation sites (N-methyl/N-ethyl adjacent to an activating group) is 1. The molecule has 1 aromatic heterocycles. The van der Waals surface area contributed by atoms with Crippen molar-refractivity contribution in [2.24, 2.45) is 0 Å². The van der Waals surface area contributed by atoms with Gasteiger partial charge < -0.3 is 20.4 Å². The molecule has 29 heavy (non-hydrogen) atoms. The van der Waals surface area contributed by atoms with E-state index in [1.165, 1.54) is 11.1 Å². The Labute approximate surface area is 173 Å². The molecule has 1 aliphatic heterocycles. The van der Waals surface area contributed by atoms with E-state index in [1.807, 2.05) is 18.3 Å². The quantitative estimate of drug-likeness (QED) is 0.838. The molecule has 2 amide bonds. The molecule has 1 saturated heterocycles. The van der Waals surface area contributed by atoms with Crippen molar-refractivity contribution in [1.82, 2.24) is 20.5 Å². The fourth-order valence-electron chi connectivity index (χ4n) is 4.53. The van der Waals surface area contributed by atoms with Crippen molar-refractivity contribution in [2.75, 3.05) is 38.1 Å². The topological polar surface area (TPSA) is 60.5 Å². The van der Waals surface area contributed by atoms with E-state index >= 15 is 0 Å². The lowest BCUT2D eigenvalue weighted by Crippen LogP contribution is -2.45. The predicted molar refractivity (Wildman–Crippen MR) is 116 cm³/mol. The Morgan fingerprint density at radius 3 is 2.69 bits per heavy atom. The number of amides is 2. The number of pyridine rings is 1. The van der Waals surface area contributed by atoms with E-state index in [0.29, 0.717) is 6.54 Å². The van der Waals surface area contributed by atoms with Gasteiger partial charge in [-0.1, -0.05) is 44.2 Å². The molecule has 1 unspecified atom stereocenters. The van der Waals surface area contributed by atoms with Crippen LogP contribution in [0.4, 0.5) is 10.6 Å². The Kier molecular flexibility index (Phi) is 5.46. The highest BCUT2D eigenvalue weighted by Gasteiger charge is 2.37. The van der Waals surface area contributed by atoms with Crippen LogP contribution in [0, 0.1) is 0 Å². The lowest BCUT2D eigenvalue weighted by molar-refractivity contribution is 0.235. The van der Waals surface area contributed by atoms with Crippen LogP contribution >= 0.6 is 0 Å². The van der Waals surface area contributed by atoms with E-state index < -0.39 is 0 Å². The van der Waals surface area contributed by atoms with Crippen LogP contribution in [0.1, 0.15) is 43.0 Å². The summed E-state index contributed by atoms with van der Waals surface area (Å²) in [5, 5.41) is 6.22. The average Bonchev–Trinajstić information content (AvgIpc) is 2.97. The molecule has 154 valence electrons. The number of hydrogen-bond acceptors (Lipinski definition) is 4. The van der Waals surface area contributed by atoms with Gasteiger partial charge in [0.2, 0.25) is 0 Å². The molecule has 6 nitrogen and oxygen atoms in total. The second-order valence-corrected chi connectivity index (χ2v) is 8.83. The number of carbonyl (C=O) groups excluding carboxylic acids is 1. The van der Waals surface area contributed by atoms with Crippen LogP contribution < -0.4 is 15.5 Å². The number of carbonyl (C=O) groups is 1. The van der Waals surface area contributed by atoms with Gasteiger partial charge >= 0.3 is 6.03 Å². The summed E-state index contributed by atoms with van der Waals surface area (Å²) < 4.78 is 0. The first-order valence-electron chi connectivity index (χ1n) is 10.5. The van der Waals surface area contributed by atoms with Crippen LogP contribution in [0.15, 0.2) is 42.6 Å². The first kappa shape index (κ1) is 19.7. The number of nitrogens with one attached hydrogen (secondary N) is 2. The molecule has 4 rings (SSSR count). The van der Waals surface area contributed by atoms with Crippen LogP contribution in [-0.2, 0) is 12.0 Å². The molecule has 2 aromatic rings. The molecule has 2 N–H and O–H groups in total. The Hall–Kier alpha value is -2.60. The van der Waals surface area contributed by atoms with Gasteiger partial charge in [-0.15, -0.1) is 0 Å². The van der Waals surface area contributed by atoms with E-state index in [9.17, 15) is 4.79 Å². The van der Waals surface area contributed by atoms with Crippen molar-refractivity contribution in [1.29, 1.82) is 0 Å². The third-order valence-corrected chi connectivity index (χ3v) is 6.19. The number of rotatable bonds is 4. The zero-order chi connectivity index (χ0) is 20.4. The van der Waals surface area contributed by atoms with Crippen LogP contribution in [0.25, 0.3) is 0 Å². The van der Waals surface area contributed by atoms with Gasteiger partial charge in [0.05, 0.1) is 6.04 Å². The molecule has 0 saturated carbocycles. The maximum absolute atomic E-state index is 12.7. The van der Waals surface area contributed by atoms with Gasteiger partial charge in [0.1, 0.15) is 5.82 Å². The van der Waals surface area contributed by atoms with Gasteiger partial charge in [-0.05, 0) is 36.1 Å². The number of fused-ring (bicyclic) bond motifs is 1. The summed E-state index contributed by atoms with van der Waals surface area (Å²) in [4.78, 5) is 21.9. The molecule has 1 aromatic carbocycles. The van der Waals surface area contributed by atoms with Crippen LogP contribution in [0.5, 0.6) is 0 Å². The number of piperazine rings is 1. The van der Waals surface area contributed by atoms with E-state index in [-0.39, 0.29) is 17.5 Å². The molecule has 1 aliphatic carbocycles. The Morgan fingerprint density at radius 2 is 1.90 bits per heavy atom. The highest BCUT2D eigenvalue weighted by molar-refractivity contribution is 5.75. The molecule has 1 atom stereocenters. The standard InChI is InChI=1S/C23H31N5O/c1-23(2)15-20(18-8-4-5-9-19(18)23)26-22(29)25-16-17-7-6-10-24-21(17)28-13-11-27(3)12-14-28/h4-10,20H,11-16H2,1-3H3,(H2,25,26,29). The number of nitrogens with zero attached hydrogens (tertiary/aromatic N) is 3. The van der Waals surface area contributed by atoms with Crippen LogP contribution in [-0.4, -0.2) is 49.1 Å². The molecular weight excluding hydrogens is 362 g/mol. The molecular formula is C23H31N5O. The van der Waals surface area contributed by atoms with Crippen molar-refractivity contribution in [3.63, 3.8) is 0 Å². The van der Waals surface area contributed by atoms with Crippen LogP contribution in [0.2, 0.25) is 0 Å². The minimum atomic E-state index is -0.129. The molecule has 0 spiro atoms. The monoisotopic (exact) mass is 393 g/mol. The largest absolute Gasteiger partial charge is 0.354 e. The normalized spacial score (nSPS) is 20.9. The van der Waals surface area contributed by atoms with Gasteiger partial charge in [-0.3, -0.25) is 0 Å². The first-order valence-corrected chi connectivity index (χ1v) is 10.5. The van der Waals surface area contributed by atoms with Gasteiger partial charge in [-0.2, -0.15) is 0 Å². The smallest absolute Gasteiger partial charge is 0.315 e. The highest BCUT2D eigenvalue weighted by Crippen LogP contribution is 2.44.